The minimum absolute atomic E-state index is 0.0910. The van der Waals surface area contributed by atoms with E-state index in [-0.39, 0.29) is 36.7 Å². The van der Waals surface area contributed by atoms with E-state index in [0.717, 1.165) is 5.56 Å². The summed E-state index contributed by atoms with van der Waals surface area (Å²) in [6.45, 7) is 4.37. The van der Waals surface area contributed by atoms with Crippen molar-refractivity contribution >= 4 is 17.8 Å². The van der Waals surface area contributed by atoms with E-state index < -0.39 is 54.8 Å². The molecule has 216 valence electrons. The molecule has 0 unspecified atom stereocenters. The average molecular weight is 568 g/mol. The zero-order valence-corrected chi connectivity index (χ0v) is 22.0. The summed E-state index contributed by atoms with van der Waals surface area (Å²) in [6.07, 6.45) is -4.23. The number of benzene rings is 2. The fourth-order valence-corrected chi connectivity index (χ4v) is 4.39. The molecule has 2 aliphatic heterocycles. The summed E-state index contributed by atoms with van der Waals surface area (Å²) < 4.78 is 30.0. The van der Waals surface area contributed by atoms with Crippen molar-refractivity contribution in [1.82, 2.24) is 5.32 Å². The molecule has 2 aromatic carbocycles. The van der Waals surface area contributed by atoms with E-state index >= 15 is 0 Å². The van der Waals surface area contributed by atoms with Crippen molar-refractivity contribution in [2.75, 3.05) is 19.8 Å². The van der Waals surface area contributed by atoms with E-state index in [9.17, 15) is 29.7 Å². The Morgan fingerprint density at radius 1 is 1.10 bits per heavy atom. The number of carbonyl (C=O) groups excluding carboxylic acids is 1. The number of aliphatic carboxylic acids is 1. The quantitative estimate of drug-likeness (QED) is 0.257. The summed E-state index contributed by atoms with van der Waals surface area (Å²) in [7, 11) is 0. The fraction of sp³-hybridized carbons (Fsp3) is 0.345. The van der Waals surface area contributed by atoms with Crippen LogP contribution in [0.2, 0.25) is 0 Å². The third-order valence-corrected chi connectivity index (χ3v) is 6.31. The second-order valence-corrected chi connectivity index (χ2v) is 9.28. The molecule has 0 aromatic heterocycles. The van der Waals surface area contributed by atoms with Crippen molar-refractivity contribution in [3.63, 3.8) is 0 Å². The molecule has 2 heterocycles. The summed E-state index contributed by atoms with van der Waals surface area (Å²) in [5.41, 5.74) is 0.601. The van der Waals surface area contributed by atoms with E-state index in [1.807, 2.05) is 30.3 Å². The first-order chi connectivity index (χ1) is 19.6. The number of amides is 1. The van der Waals surface area contributed by atoms with E-state index in [1.165, 1.54) is 25.1 Å². The Labute approximate surface area is 235 Å². The zero-order valence-electron chi connectivity index (χ0n) is 22.0. The number of aromatic hydroxyl groups is 1. The lowest BCUT2D eigenvalue weighted by molar-refractivity contribution is -0.346. The van der Waals surface area contributed by atoms with Gasteiger partial charge in [0.25, 0.3) is 0 Å². The molecular weight excluding hydrogens is 538 g/mol. The molecule has 12 nitrogen and oxygen atoms in total. The maximum absolute atomic E-state index is 12.2. The first-order valence-electron chi connectivity index (χ1n) is 12.6. The minimum Gasteiger partial charge on any atom is -0.507 e. The lowest BCUT2D eigenvalue weighted by atomic mass is 9.95. The van der Waals surface area contributed by atoms with Crippen LogP contribution in [0.3, 0.4) is 0 Å². The summed E-state index contributed by atoms with van der Waals surface area (Å²) >= 11 is 0. The first kappa shape index (κ1) is 29.7. The molecular formula is C29H29NO11. The number of carbonyl (C=O) groups is 3. The third-order valence-electron chi connectivity index (χ3n) is 6.31. The van der Waals surface area contributed by atoms with Gasteiger partial charge in [-0.25, -0.2) is 9.59 Å². The Morgan fingerprint density at radius 3 is 2.54 bits per heavy atom. The number of carboxylic acids is 2. The molecule has 0 saturated carbocycles. The van der Waals surface area contributed by atoms with Crippen LogP contribution in [0.15, 0.2) is 60.7 Å². The molecule has 2 fully saturated rings. The van der Waals surface area contributed by atoms with Gasteiger partial charge in [0, 0.05) is 18.1 Å². The highest BCUT2D eigenvalue weighted by Gasteiger charge is 2.51. The molecule has 0 aliphatic carbocycles. The van der Waals surface area contributed by atoms with Crippen LogP contribution < -0.4 is 5.32 Å². The maximum Gasteiger partial charge on any atom is 0.339 e. The monoisotopic (exact) mass is 567 g/mol. The second kappa shape index (κ2) is 13.4. The van der Waals surface area contributed by atoms with Crippen LogP contribution in [0.4, 0.5) is 0 Å². The standard InChI is InChI=1S/C29H29NO11/c1-16(26(33)34)14-38-25-23(30-17(2)31)29(37-12-6-7-18-10-11-21(32)20(13-18)27(35)36)40-22-15-39-28(41-24(22)25)19-8-4-3-5-9-19/h3-5,8-11,13,22-25,28-29,32H,1,12,14-15H2,2H3,(H,30,31)(H,33,34)(H,35,36)/t22-,23+,24-,25+,28+,29-/m1/s1. The molecule has 0 bridgehead atoms. The molecule has 6 atom stereocenters. The van der Waals surface area contributed by atoms with E-state index in [1.54, 1.807) is 0 Å². The van der Waals surface area contributed by atoms with Gasteiger partial charge in [0.15, 0.2) is 12.6 Å². The van der Waals surface area contributed by atoms with Crippen LogP contribution in [0.5, 0.6) is 5.75 Å². The van der Waals surface area contributed by atoms with Crippen molar-refractivity contribution in [1.29, 1.82) is 0 Å². The van der Waals surface area contributed by atoms with Crippen LogP contribution in [-0.4, -0.2) is 83.6 Å². The summed E-state index contributed by atoms with van der Waals surface area (Å²) in [6, 6.07) is 12.2. The Hall–Kier alpha value is -4.25. The summed E-state index contributed by atoms with van der Waals surface area (Å²) in [5, 5.41) is 30.9. The SMILES string of the molecule is C=C(CO[C@H]1[C@H](NC(C)=O)[C@H](OCC#Cc2ccc(O)c(C(=O)O)c2)O[C@@H]2CO[C@H](c3ccccc3)O[C@@H]12)C(=O)O. The fourth-order valence-electron chi connectivity index (χ4n) is 4.39. The third kappa shape index (κ3) is 7.49. The minimum atomic E-state index is -1.30. The molecule has 0 spiro atoms. The number of nitrogens with one attached hydrogen (secondary N) is 1. The van der Waals surface area contributed by atoms with Gasteiger partial charge >= 0.3 is 11.9 Å². The van der Waals surface area contributed by atoms with Gasteiger partial charge in [-0.15, -0.1) is 0 Å². The summed E-state index contributed by atoms with van der Waals surface area (Å²) in [5.74, 6) is 2.18. The van der Waals surface area contributed by atoms with Crippen molar-refractivity contribution in [2.45, 2.75) is 43.9 Å². The molecule has 12 heteroatoms. The van der Waals surface area contributed by atoms with Crippen molar-refractivity contribution < 1.29 is 53.4 Å². The zero-order chi connectivity index (χ0) is 29.5. The van der Waals surface area contributed by atoms with Crippen molar-refractivity contribution in [3.05, 3.63) is 77.4 Å². The van der Waals surface area contributed by atoms with Gasteiger partial charge in [0.2, 0.25) is 5.91 Å². The smallest absolute Gasteiger partial charge is 0.339 e. The number of rotatable bonds is 9. The predicted molar refractivity (Wildman–Crippen MR) is 141 cm³/mol. The number of hydrogen-bond acceptors (Lipinski definition) is 9. The molecule has 0 radical (unpaired) electrons. The van der Waals surface area contributed by atoms with E-state index in [0.29, 0.717) is 5.56 Å². The Bertz CT molecular complexity index is 1350. The lowest BCUT2D eigenvalue weighted by Crippen LogP contribution is -2.67. The molecule has 41 heavy (non-hydrogen) atoms. The molecule has 2 aromatic rings. The Kier molecular flexibility index (Phi) is 9.72. The van der Waals surface area contributed by atoms with Crippen LogP contribution in [0, 0.1) is 11.8 Å². The number of ether oxygens (including phenoxy) is 5. The van der Waals surface area contributed by atoms with Gasteiger partial charge in [-0.2, -0.15) is 0 Å². The van der Waals surface area contributed by atoms with Crippen molar-refractivity contribution in [3.8, 4) is 17.6 Å². The highest BCUT2D eigenvalue weighted by atomic mass is 16.7. The van der Waals surface area contributed by atoms with Gasteiger partial charge < -0.3 is 44.3 Å². The van der Waals surface area contributed by atoms with Crippen LogP contribution in [0.1, 0.15) is 34.7 Å². The highest BCUT2D eigenvalue weighted by Crippen LogP contribution is 2.36. The average Bonchev–Trinajstić information content (AvgIpc) is 2.95. The molecule has 4 rings (SSSR count). The van der Waals surface area contributed by atoms with Gasteiger partial charge in [0.05, 0.1) is 18.8 Å². The van der Waals surface area contributed by atoms with E-state index in [4.69, 9.17) is 23.7 Å². The molecule has 1 amide bonds. The number of phenols is 1. The number of hydrogen-bond donors (Lipinski definition) is 4. The van der Waals surface area contributed by atoms with Crippen LogP contribution in [-0.2, 0) is 33.3 Å². The van der Waals surface area contributed by atoms with Gasteiger partial charge in [-0.1, -0.05) is 48.8 Å². The lowest BCUT2D eigenvalue weighted by Gasteiger charge is -2.49. The topological polar surface area (TPSA) is 170 Å². The van der Waals surface area contributed by atoms with Gasteiger partial charge in [0.1, 0.15) is 42.3 Å². The summed E-state index contributed by atoms with van der Waals surface area (Å²) in [4.78, 5) is 34.8. The molecule has 2 aliphatic rings. The number of carboxylic acid groups (broad SMARTS) is 2. The molecule has 2 saturated heterocycles. The largest absolute Gasteiger partial charge is 0.507 e. The molecule has 4 N–H and O–H groups in total. The number of aromatic carboxylic acids is 1. The van der Waals surface area contributed by atoms with E-state index in [2.05, 4.69) is 23.7 Å². The second-order valence-electron chi connectivity index (χ2n) is 9.28. The highest BCUT2D eigenvalue weighted by molar-refractivity contribution is 5.91. The van der Waals surface area contributed by atoms with Crippen LogP contribution in [0.25, 0.3) is 0 Å². The normalized spacial score (nSPS) is 25.2. The number of fused-ring (bicyclic) bond motifs is 1. The van der Waals surface area contributed by atoms with Gasteiger partial charge in [-0.05, 0) is 18.2 Å². The Morgan fingerprint density at radius 2 is 1.85 bits per heavy atom. The van der Waals surface area contributed by atoms with Crippen LogP contribution >= 0.6 is 0 Å². The van der Waals surface area contributed by atoms with Gasteiger partial charge in [-0.3, -0.25) is 4.79 Å². The maximum atomic E-state index is 12.2. The van der Waals surface area contributed by atoms with Crippen molar-refractivity contribution in [2.24, 2.45) is 0 Å². The first-order valence-corrected chi connectivity index (χ1v) is 12.6. The predicted octanol–water partition coefficient (Wildman–Crippen LogP) is 1.83. The Balaban J connectivity index is 1.54.